The number of aromatic amines is 1. The maximum atomic E-state index is 12.5. The number of nitrogens with one attached hydrogen (secondary N) is 2. The van der Waals surface area contributed by atoms with Crippen LogP contribution in [-0.2, 0) is 4.79 Å². The number of non-ortho nitro benzene ring substituents is 1. The molecule has 2 aromatic carbocycles. The van der Waals surface area contributed by atoms with Gasteiger partial charge < -0.3 is 15.0 Å². The van der Waals surface area contributed by atoms with E-state index in [4.69, 9.17) is 4.74 Å². The van der Waals surface area contributed by atoms with Crippen molar-refractivity contribution in [2.24, 2.45) is 0 Å². The molecule has 0 spiro atoms. The number of aryl methyl sites for hydroxylation is 1. The number of hydrogen-bond acceptors (Lipinski definition) is 6. The van der Waals surface area contributed by atoms with Gasteiger partial charge in [0, 0.05) is 12.1 Å². The SMILES string of the molecule is COc1ccc([N+](=O)[O-])cc1NC(=O)C(C)Sc1nc2ccc(C)cc2[nH]1. The summed E-state index contributed by atoms with van der Waals surface area (Å²) >= 11 is 1.27. The van der Waals surface area contributed by atoms with Crippen LogP contribution in [0.1, 0.15) is 12.5 Å². The number of amides is 1. The van der Waals surface area contributed by atoms with Crippen LogP contribution >= 0.6 is 11.8 Å². The van der Waals surface area contributed by atoms with E-state index >= 15 is 0 Å². The molecule has 0 aliphatic heterocycles. The number of H-pyrrole nitrogens is 1. The van der Waals surface area contributed by atoms with E-state index in [0.717, 1.165) is 16.6 Å². The standard InChI is InChI=1S/C18H18N4O4S/c1-10-4-6-13-14(8-10)21-18(20-13)27-11(2)17(23)19-15-9-12(22(24)25)5-7-16(15)26-3/h4-9,11H,1-3H3,(H,19,23)(H,20,21). The van der Waals surface area contributed by atoms with Gasteiger partial charge in [-0.25, -0.2) is 4.98 Å². The van der Waals surface area contributed by atoms with Crippen LogP contribution in [0.4, 0.5) is 11.4 Å². The molecule has 3 rings (SSSR count). The lowest BCUT2D eigenvalue weighted by Gasteiger charge is -2.13. The zero-order valence-electron chi connectivity index (χ0n) is 15.0. The Kier molecular flexibility index (Phi) is 5.31. The number of imidazole rings is 1. The number of nitro groups is 1. The van der Waals surface area contributed by atoms with Crippen molar-refractivity contribution >= 4 is 40.1 Å². The molecule has 140 valence electrons. The summed E-state index contributed by atoms with van der Waals surface area (Å²) in [6, 6.07) is 9.94. The molecular weight excluding hydrogens is 368 g/mol. The fourth-order valence-corrected chi connectivity index (χ4v) is 3.34. The second kappa shape index (κ2) is 7.67. The highest BCUT2D eigenvalue weighted by molar-refractivity contribution is 8.00. The lowest BCUT2D eigenvalue weighted by Crippen LogP contribution is -2.22. The third kappa shape index (κ3) is 4.20. The molecule has 27 heavy (non-hydrogen) atoms. The molecule has 1 aromatic heterocycles. The summed E-state index contributed by atoms with van der Waals surface area (Å²) in [6.07, 6.45) is 0. The van der Waals surface area contributed by atoms with Crippen LogP contribution in [0.3, 0.4) is 0 Å². The van der Waals surface area contributed by atoms with Gasteiger partial charge in [-0.15, -0.1) is 0 Å². The van der Waals surface area contributed by atoms with Crippen molar-refractivity contribution in [3.8, 4) is 5.75 Å². The van der Waals surface area contributed by atoms with Crippen LogP contribution in [0.25, 0.3) is 11.0 Å². The van der Waals surface area contributed by atoms with E-state index in [1.54, 1.807) is 6.92 Å². The summed E-state index contributed by atoms with van der Waals surface area (Å²) < 4.78 is 5.17. The number of carbonyl (C=O) groups is 1. The Morgan fingerprint density at radius 1 is 1.33 bits per heavy atom. The van der Waals surface area contributed by atoms with Gasteiger partial charge in [0.05, 0.1) is 34.0 Å². The molecule has 9 heteroatoms. The topological polar surface area (TPSA) is 110 Å². The van der Waals surface area contributed by atoms with Crippen LogP contribution in [0, 0.1) is 17.0 Å². The predicted octanol–water partition coefficient (Wildman–Crippen LogP) is 3.91. The van der Waals surface area contributed by atoms with Gasteiger partial charge in [-0.1, -0.05) is 17.8 Å². The van der Waals surface area contributed by atoms with Crippen LogP contribution in [0.2, 0.25) is 0 Å². The second-order valence-corrected chi connectivity index (χ2v) is 7.28. The predicted molar refractivity (Wildman–Crippen MR) is 104 cm³/mol. The number of ether oxygens (including phenoxy) is 1. The van der Waals surface area contributed by atoms with E-state index < -0.39 is 10.2 Å². The highest BCUT2D eigenvalue weighted by atomic mass is 32.2. The van der Waals surface area contributed by atoms with Crippen LogP contribution in [-0.4, -0.2) is 33.2 Å². The number of rotatable bonds is 6. The molecule has 0 aliphatic carbocycles. The molecule has 3 aromatic rings. The van der Waals surface area contributed by atoms with E-state index in [0.29, 0.717) is 10.9 Å². The number of nitro benzene ring substituents is 1. The molecular formula is C18H18N4O4S. The minimum Gasteiger partial charge on any atom is -0.495 e. The van der Waals surface area contributed by atoms with Crippen molar-refractivity contribution < 1.29 is 14.5 Å². The monoisotopic (exact) mass is 386 g/mol. The molecule has 1 atom stereocenters. The van der Waals surface area contributed by atoms with Crippen molar-refractivity contribution in [2.45, 2.75) is 24.3 Å². The van der Waals surface area contributed by atoms with Gasteiger partial charge in [0.15, 0.2) is 5.16 Å². The van der Waals surface area contributed by atoms with E-state index in [1.165, 1.54) is 37.1 Å². The highest BCUT2D eigenvalue weighted by Crippen LogP contribution is 2.30. The average Bonchev–Trinajstić information content (AvgIpc) is 3.02. The molecule has 0 saturated heterocycles. The molecule has 1 unspecified atom stereocenters. The number of thioether (sulfide) groups is 1. The lowest BCUT2D eigenvalue weighted by molar-refractivity contribution is -0.384. The zero-order chi connectivity index (χ0) is 19.6. The zero-order valence-corrected chi connectivity index (χ0v) is 15.8. The van der Waals surface area contributed by atoms with E-state index in [9.17, 15) is 14.9 Å². The average molecular weight is 386 g/mol. The van der Waals surface area contributed by atoms with Crippen molar-refractivity contribution in [3.05, 3.63) is 52.1 Å². The van der Waals surface area contributed by atoms with Gasteiger partial charge in [0.2, 0.25) is 5.91 Å². The number of carbonyl (C=O) groups excluding carboxylic acids is 1. The normalized spacial score (nSPS) is 12.0. The molecule has 0 saturated carbocycles. The number of methoxy groups -OCH3 is 1. The van der Waals surface area contributed by atoms with Gasteiger partial charge in [-0.05, 0) is 37.6 Å². The maximum absolute atomic E-state index is 12.5. The molecule has 2 N–H and O–H groups in total. The molecule has 1 amide bonds. The Labute approximate surface area is 159 Å². The number of nitrogens with zero attached hydrogens (tertiary/aromatic N) is 2. The largest absolute Gasteiger partial charge is 0.495 e. The Bertz CT molecular complexity index is 1020. The summed E-state index contributed by atoms with van der Waals surface area (Å²) in [5, 5.41) is 13.8. The molecule has 0 bridgehead atoms. The Morgan fingerprint density at radius 2 is 2.11 bits per heavy atom. The van der Waals surface area contributed by atoms with Crippen molar-refractivity contribution in [2.75, 3.05) is 12.4 Å². The fourth-order valence-electron chi connectivity index (χ4n) is 2.52. The van der Waals surface area contributed by atoms with Crippen LogP contribution in [0.5, 0.6) is 5.75 Å². The summed E-state index contributed by atoms with van der Waals surface area (Å²) in [5.41, 5.74) is 2.98. The van der Waals surface area contributed by atoms with Crippen LogP contribution in [0.15, 0.2) is 41.6 Å². The van der Waals surface area contributed by atoms with E-state index in [2.05, 4.69) is 15.3 Å². The number of anilines is 1. The van der Waals surface area contributed by atoms with Gasteiger partial charge in [-0.2, -0.15) is 0 Å². The van der Waals surface area contributed by atoms with Gasteiger partial charge >= 0.3 is 0 Å². The Morgan fingerprint density at radius 3 is 2.81 bits per heavy atom. The molecule has 0 fully saturated rings. The third-order valence-electron chi connectivity index (χ3n) is 3.93. The van der Waals surface area contributed by atoms with Crippen molar-refractivity contribution in [1.29, 1.82) is 0 Å². The summed E-state index contributed by atoms with van der Waals surface area (Å²) in [4.78, 5) is 30.6. The number of hydrogen-bond donors (Lipinski definition) is 2. The fraction of sp³-hybridized carbons (Fsp3) is 0.222. The molecule has 1 heterocycles. The quantitative estimate of drug-likeness (QED) is 0.378. The maximum Gasteiger partial charge on any atom is 0.271 e. The minimum atomic E-state index is -0.524. The van der Waals surface area contributed by atoms with Crippen molar-refractivity contribution in [1.82, 2.24) is 9.97 Å². The summed E-state index contributed by atoms with van der Waals surface area (Å²) in [5.74, 6) is 0.0424. The Hall–Kier alpha value is -3.07. The van der Waals surface area contributed by atoms with E-state index in [-0.39, 0.29) is 17.3 Å². The van der Waals surface area contributed by atoms with E-state index in [1.807, 2.05) is 25.1 Å². The number of aromatic nitrogens is 2. The number of fused-ring (bicyclic) bond motifs is 1. The lowest BCUT2D eigenvalue weighted by atomic mass is 10.2. The van der Waals surface area contributed by atoms with Crippen molar-refractivity contribution in [3.63, 3.8) is 0 Å². The first-order valence-corrected chi connectivity index (χ1v) is 9.01. The smallest absolute Gasteiger partial charge is 0.271 e. The molecule has 0 aliphatic rings. The minimum absolute atomic E-state index is 0.126. The summed E-state index contributed by atoms with van der Waals surface area (Å²) in [7, 11) is 1.44. The molecule has 0 radical (unpaired) electrons. The highest BCUT2D eigenvalue weighted by Gasteiger charge is 2.20. The summed E-state index contributed by atoms with van der Waals surface area (Å²) in [6.45, 7) is 3.73. The van der Waals surface area contributed by atoms with Gasteiger partial charge in [0.25, 0.3) is 5.69 Å². The first-order chi connectivity index (χ1) is 12.9. The van der Waals surface area contributed by atoms with Gasteiger partial charge in [-0.3, -0.25) is 14.9 Å². The first kappa shape index (κ1) is 18.7. The number of benzene rings is 2. The van der Waals surface area contributed by atoms with Gasteiger partial charge in [0.1, 0.15) is 5.75 Å². The Balaban J connectivity index is 1.75. The third-order valence-corrected chi connectivity index (χ3v) is 4.91. The van der Waals surface area contributed by atoms with Crippen LogP contribution < -0.4 is 10.1 Å². The second-order valence-electron chi connectivity index (χ2n) is 5.95. The first-order valence-electron chi connectivity index (χ1n) is 8.13. The molecule has 8 nitrogen and oxygen atoms in total.